The minimum atomic E-state index is 0. The molecule has 0 aromatic heterocycles. The van der Waals surface area contributed by atoms with Crippen LogP contribution in [0.3, 0.4) is 0 Å². The van der Waals surface area contributed by atoms with Gasteiger partial charge in [-0.25, -0.2) is 0 Å². The van der Waals surface area contributed by atoms with Crippen LogP contribution in [-0.4, -0.2) is 54.5 Å². The van der Waals surface area contributed by atoms with Gasteiger partial charge in [-0.15, -0.1) is 24.8 Å². The van der Waals surface area contributed by atoms with E-state index in [0.717, 1.165) is 39.1 Å². The van der Waals surface area contributed by atoms with Crippen molar-refractivity contribution in [2.24, 2.45) is 29.4 Å². The Bertz CT molecular complexity index is 390. The molecule has 0 spiro atoms. The molecule has 5 unspecified atom stereocenters. The fourth-order valence-corrected chi connectivity index (χ4v) is 4.94. The molecule has 3 fully saturated rings. The fraction of sp³-hybridized carbons (Fsp3) is 0.941. The van der Waals surface area contributed by atoms with E-state index in [2.05, 4.69) is 23.6 Å². The van der Waals surface area contributed by atoms with Gasteiger partial charge in [0.2, 0.25) is 5.91 Å². The molecule has 3 rings (SSSR count). The van der Waals surface area contributed by atoms with Crippen molar-refractivity contribution in [2.75, 3.05) is 32.7 Å². The summed E-state index contributed by atoms with van der Waals surface area (Å²) < 4.78 is 0. The third-order valence-corrected chi connectivity index (χ3v) is 6.27. The summed E-state index contributed by atoms with van der Waals surface area (Å²) in [7, 11) is 0. The maximum absolute atomic E-state index is 12.9. The first-order chi connectivity index (χ1) is 10.1. The lowest BCUT2D eigenvalue weighted by Gasteiger charge is -2.31. The Morgan fingerprint density at radius 2 is 1.78 bits per heavy atom. The third-order valence-electron chi connectivity index (χ3n) is 6.27. The number of carbonyl (C=O) groups is 1. The van der Waals surface area contributed by atoms with Gasteiger partial charge in [0.05, 0.1) is 5.92 Å². The average molecular weight is 366 g/mol. The number of carbonyl (C=O) groups excluding carboxylic acids is 1. The van der Waals surface area contributed by atoms with Gasteiger partial charge in [-0.2, -0.15) is 0 Å². The smallest absolute Gasteiger partial charge is 0.227 e. The molecular formula is C17H33Cl2N3O. The Labute approximate surface area is 153 Å². The Morgan fingerprint density at radius 1 is 1.13 bits per heavy atom. The van der Waals surface area contributed by atoms with Gasteiger partial charge in [-0.1, -0.05) is 13.8 Å². The maximum Gasteiger partial charge on any atom is 0.227 e. The van der Waals surface area contributed by atoms with Gasteiger partial charge < -0.3 is 15.5 Å². The summed E-state index contributed by atoms with van der Waals surface area (Å²) in [5.74, 6) is 2.37. The highest BCUT2D eigenvalue weighted by Gasteiger charge is 2.50. The predicted octanol–water partition coefficient (Wildman–Crippen LogP) is 2.39. The fourth-order valence-electron chi connectivity index (χ4n) is 4.94. The van der Waals surface area contributed by atoms with Crippen molar-refractivity contribution in [3.8, 4) is 0 Å². The number of likely N-dealkylation sites (tertiary alicyclic amines) is 1. The van der Waals surface area contributed by atoms with Crippen LogP contribution in [0.2, 0.25) is 0 Å². The summed E-state index contributed by atoms with van der Waals surface area (Å²) in [6, 6.07) is 0.137. The molecule has 136 valence electrons. The Balaban J connectivity index is 0.00000132. The molecule has 23 heavy (non-hydrogen) atoms. The van der Waals surface area contributed by atoms with Gasteiger partial charge in [-0.3, -0.25) is 4.79 Å². The van der Waals surface area contributed by atoms with E-state index in [1.54, 1.807) is 0 Å². The first-order valence-corrected chi connectivity index (χ1v) is 8.90. The largest absolute Gasteiger partial charge is 0.342 e. The van der Waals surface area contributed by atoms with Crippen LogP contribution in [0.4, 0.5) is 0 Å². The second kappa shape index (κ2) is 8.89. The van der Waals surface area contributed by atoms with Gasteiger partial charge in [0.25, 0.3) is 0 Å². The molecule has 2 N–H and O–H groups in total. The molecule has 0 aromatic rings. The Hall–Kier alpha value is -0.0300. The third kappa shape index (κ3) is 4.15. The number of fused-ring (bicyclic) bond motifs is 2. The summed E-state index contributed by atoms with van der Waals surface area (Å²) in [5, 5.41) is 0. The van der Waals surface area contributed by atoms with E-state index in [1.165, 1.54) is 19.3 Å². The number of amides is 1. The topological polar surface area (TPSA) is 49.6 Å². The summed E-state index contributed by atoms with van der Waals surface area (Å²) in [5.41, 5.74) is 6.34. The van der Waals surface area contributed by atoms with E-state index < -0.39 is 0 Å². The lowest BCUT2D eigenvalue weighted by molar-refractivity contribution is -0.136. The van der Waals surface area contributed by atoms with Crippen molar-refractivity contribution in [2.45, 2.75) is 45.6 Å². The summed E-state index contributed by atoms with van der Waals surface area (Å²) in [4.78, 5) is 17.4. The van der Waals surface area contributed by atoms with Crippen LogP contribution >= 0.6 is 24.8 Å². The van der Waals surface area contributed by atoms with Gasteiger partial charge in [0.15, 0.2) is 0 Å². The average Bonchev–Trinajstić information content (AvgIpc) is 3.19. The number of halogens is 2. The minimum Gasteiger partial charge on any atom is -0.342 e. The molecule has 0 aromatic carbocycles. The number of rotatable bonds is 5. The first-order valence-electron chi connectivity index (χ1n) is 8.90. The lowest BCUT2D eigenvalue weighted by Crippen LogP contribution is -2.46. The number of nitrogens with zero attached hydrogens (tertiary/aromatic N) is 2. The molecule has 1 heterocycles. The number of hydrogen-bond acceptors (Lipinski definition) is 3. The molecular weight excluding hydrogens is 333 g/mol. The second-order valence-corrected chi connectivity index (χ2v) is 7.36. The van der Waals surface area contributed by atoms with Crippen molar-refractivity contribution in [3.63, 3.8) is 0 Å². The minimum absolute atomic E-state index is 0. The standard InChI is InChI=1S/C17H31N3O.2ClH/c1-3-19(4-2)10-12-7-8-20(11-12)17(21)15-13-5-6-14(9-13)16(15)18;;/h12-16H,3-11,18H2,1-2H3;2*1H. The van der Waals surface area contributed by atoms with Crippen LogP contribution in [0.5, 0.6) is 0 Å². The number of hydrogen-bond donors (Lipinski definition) is 1. The zero-order chi connectivity index (χ0) is 15.0. The molecule has 2 bridgehead atoms. The highest BCUT2D eigenvalue weighted by molar-refractivity contribution is 5.85. The normalized spacial score (nSPS) is 35.3. The molecule has 5 atom stereocenters. The zero-order valence-electron chi connectivity index (χ0n) is 14.4. The quantitative estimate of drug-likeness (QED) is 0.813. The van der Waals surface area contributed by atoms with Crippen LogP contribution in [0.15, 0.2) is 0 Å². The van der Waals surface area contributed by atoms with Crippen molar-refractivity contribution in [1.82, 2.24) is 9.80 Å². The highest BCUT2D eigenvalue weighted by atomic mass is 35.5. The number of nitrogens with two attached hydrogens (primary N) is 1. The van der Waals surface area contributed by atoms with Crippen molar-refractivity contribution in [3.05, 3.63) is 0 Å². The van der Waals surface area contributed by atoms with E-state index >= 15 is 0 Å². The molecule has 2 aliphatic carbocycles. The Morgan fingerprint density at radius 3 is 2.35 bits per heavy atom. The molecule has 3 aliphatic rings. The Kier molecular flexibility index (Phi) is 8.12. The van der Waals surface area contributed by atoms with E-state index in [0.29, 0.717) is 23.7 Å². The zero-order valence-corrected chi connectivity index (χ0v) is 16.1. The summed E-state index contributed by atoms with van der Waals surface area (Å²) in [6.45, 7) is 9.70. The van der Waals surface area contributed by atoms with Gasteiger partial charge >= 0.3 is 0 Å². The highest BCUT2D eigenvalue weighted by Crippen LogP contribution is 2.48. The lowest BCUT2D eigenvalue weighted by atomic mass is 9.84. The van der Waals surface area contributed by atoms with Crippen molar-refractivity contribution >= 4 is 30.7 Å². The molecule has 1 amide bonds. The molecule has 0 radical (unpaired) electrons. The van der Waals surface area contributed by atoms with Crippen LogP contribution < -0.4 is 5.73 Å². The van der Waals surface area contributed by atoms with Crippen LogP contribution in [-0.2, 0) is 4.79 Å². The van der Waals surface area contributed by atoms with Crippen LogP contribution in [0.25, 0.3) is 0 Å². The van der Waals surface area contributed by atoms with E-state index in [9.17, 15) is 4.79 Å². The van der Waals surface area contributed by atoms with Crippen molar-refractivity contribution in [1.29, 1.82) is 0 Å². The monoisotopic (exact) mass is 365 g/mol. The molecule has 1 aliphatic heterocycles. The second-order valence-electron chi connectivity index (χ2n) is 7.36. The molecule has 6 heteroatoms. The predicted molar refractivity (Wildman–Crippen MR) is 99.3 cm³/mol. The van der Waals surface area contributed by atoms with Gasteiger partial charge in [0, 0.05) is 25.7 Å². The molecule has 4 nitrogen and oxygen atoms in total. The van der Waals surface area contributed by atoms with Crippen molar-refractivity contribution < 1.29 is 4.79 Å². The van der Waals surface area contributed by atoms with Gasteiger partial charge in [-0.05, 0) is 56.5 Å². The summed E-state index contributed by atoms with van der Waals surface area (Å²) in [6.07, 6.45) is 4.85. The maximum atomic E-state index is 12.9. The van der Waals surface area contributed by atoms with Crippen LogP contribution in [0.1, 0.15) is 39.5 Å². The van der Waals surface area contributed by atoms with E-state index in [1.807, 2.05) is 0 Å². The van der Waals surface area contributed by atoms with E-state index in [-0.39, 0.29) is 36.8 Å². The van der Waals surface area contributed by atoms with Crippen LogP contribution in [0, 0.1) is 23.7 Å². The molecule has 2 saturated carbocycles. The SMILES string of the molecule is CCN(CC)CC1CCN(C(=O)C2C3CCC(C3)C2N)C1.Cl.Cl. The van der Waals surface area contributed by atoms with Gasteiger partial charge in [0.1, 0.15) is 0 Å². The van der Waals surface area contributed by atoms with E-state index in [4.69, 9.17) is 5.73 Å². The first kappa shape index (κ1) is 21.0. The molecule has 1 saturated heterocycles. The summed E-state index contributed by atoms with van der Waals surface area (Å²) >= 11 is 0.